The van der Waals surface area contributed by atoms with Gasteiger partial charge in [-0.05, 0) is 30.9 Å². The molecule has 0 radical (unpaired) electrons. The maximum absolute atomic E-state index is 11.6. The summed E-state index contributed by atoms with van der Waals surface area (Å²) in [6.07, 6.45) is 5.83. The van der Waals surface area contributed by atoms with Gasteiger partial charge in [0, 0.05) is 16.5 Å². The van der Waals surface area contributed by atoms with Gasteiger partial charge in [0.05, 0.1) is 32.4 Å². The molecule has 148 valence electrons. The first-order valence-corrected chi connectivity index (χ1v) is 12.1. The van der Waals surface area contributed by atoms with Gasteiger partial charge in [0.25, 0.3) is 5.91 Å². The van der Waals surface area contributed by atoms with E-state index in [1.807, 2.05) is 41.4 Å². The smallest absolute Gasteiger partial charge is 0.258 e. The third kappa shape index (κ3) is 3.88. The van der Waals surface area contributed by atoms with Gasteiger partial charge in [-0.3, -0.25) is 4.79 Å². The van der Waals surface area contributed by atoms with Crippen molar-refractivity contribution in [2.24, 2.45) is 5.73 Å². The third-order valence-corrected chi connectivity index (χ3v) is 7.65. The van der Waals surface area contributed by atoms with Crippen LogP contribution in [0.15, 0.2) is 52.2 Å². The Kier molecular flexibility index (Phi) is 5.84. The van der Waals surface area contributed by atoms with E-state index in [0.29, 0.717) is 4.88 Å². The van der Waals surface area contributed by atoms with Crippen LogP contribution in [0.3, 0.4) is 0 Å². The van der Waals surface area contributed by atoms with Gasteiger partial charge in [0.2, 0.25) is 0 Å². The molecule has 3 aromatic heterocycles. The van der Waals surface area contributed by atoms with Gasteiger partial charge in [-0.15, -0.1) is 34.4 Å². The Morgan fingerprint density at radius 2 is 2.03 bits per heavy atom. The standard InChI is InChI=1S/C21H20N4OS3/c1-3-7-17-15(11-23-25(17)13-8-5-4-6-9-13)16-12-28-20(24-16)14-10-18(19(22)26)29-21(14)27-2/h4-6,8-12H,3,7H2,1-2H3,(H2,22,26). The molecule has 8 heteroatoms. The number of thioether (sulfide) groups is 1. The topological polar surface area (TPSA) is 73.8 Å². The molecule has 29 heavy (non-hydrogen) atoms. The molecule has 0 aliphatic rings. The number of benzene rings is 1. The molecule has 0 unspecified atom stereocenters. The van der Waals surface area contributed by atoms with E-state index in [-0.39, 0.29) is 0 Å². The number of carbonyl (C=O) groups excluding carboxylic acids is 1. The van der Waals surface area contributed by atoms with E-state index >= 15 is 0 Å². The van der Waals surface area contributed by atoms with Crippen molar-refractivity contribution < 1.29 is 4.79 Å². The SMILES string of the molecule is CCCc1c(-c2csc(-c3cc(C(N)=O)sc3SC)n2)cnn1-c1ccccc1. The number of thiophene rings is 1. The Balaban J connectivity index is 1.76. The molecule has 0 saturated heterocycles. The van der Waals surface area contributed by atoms with Gasteiger partial charge in [-0.2, -0.15) is 5.10 Å². The number of thiazole rings is 1. The van der Waals surface area contributed by atoms with Crippen molar-refractivity contribution in [3.05, 3.63) is 58.5 Å². The molecule has 0 saturated carbocycles. The predicted molar refractivity (Wildman–Crippen MR) is 122 cm³/mol. The van der Waals surface area contributed by atoms with Crippen LogP contribution < -0.4 is 5.73 Å². The van der Waals surface area contributed by atoms with E-state index < -0.39 is 5.91 Å². The fourth-order valence-electron chi connectivity index (χ4n) is 3.17. The lowest BCUT2D eigenvalue weighted by Crippen LogP contribution is -2.08. The summed E-state index contributed by atoms with van der Waals surface area (Å²) in [5.74, 6) is -0.400. The van der Waals surface area contributed by atoms with Crippen LogP contribution in [0, 0.1) is 0 Å². The molecule has 0 spiro atoms. The second kappa shape index (κ2) is 8.52. The van der Waals surface area contributed by atoms with E-state index in [2.05, 4.69) is 29.5 Å². The van der Waals surface area contributed by atoms with Gasteiger partial charge in [-0.25, -0.2) is 9.67 Å². The summed E-state index contributed by atoms with van der Waals surface area (Å²) >= 11 is 4.60. The molecule has 5 nitrogen and oxygen atoms in total. The fraction of sp³-hybridized carbons (Fsp3) is 0.190. The van der Waals surface area contributed by atoms with E-state index in [4.69, 9.17) is 10.7 Å². The molecule has 0 atom stereocenters. The van der Waals surface area contributed by atoms with Crippen molar-refractivity contribution in [3.8, 4) is 27.5 Å². The molecule has 2 N–H and O–H groups in total. The molecule has 1 amide bonds. The number of amides is 1. The Labute approximate surface area is 181 Å². The van der Waals surface area contributed by atoms with Crippen molar-refractivity contribution in [1.29, 1.82) is 0 Å². The first kappa shape index (κ1) is 19.9. The van der Waals surface area contributed by atoms with E-state index in [0.717, 1.165) is 50.3 Å². The molecule has 0 bridgehead atoms. The number of hydrogen-bond donors (Lipinski definition) is 1. The summed E-state index contributed by atoms with van der Waals surface area (Å²) in [7, 11) is 0. The van der Waals surface area contributed by atoms with E-state index in [1.165, 1.54) is 11.3 Å². The second-order valence-corrected chi connectivity index (χ2v) is 9.41. The maximum atomic E-state index is 11.6. The van der Waals surface area contributed by atoms with Crippen LogP contribution in [0.25, 0.3) is 27.5 Å². The van der Waals surface area contributed by atoms with Crippen LogP contribution in [-0.4, -0.2) is 26.9 Å². The summed E-state index contributed by atoms with van der Waals surface area (Å²) in [5, 5.41) is 7.60. The summed E-state index contributed by atoms with van der Waals surface area (Å²) in [6.45, 7) is 2.17. The van der Waals surface area contributed by atoms with Crippen molar-refractivity contribution in [2.75, 3.05) is 6.26 Å². The minimum absolute atomic E-state index is 0.400. The predicted octanol–water partition coefficient (Wildman–Crippen LogP) is 5.50. The molecule has 4 rings (SSSR count). The normalized spacial score (nSPS) is 11.1. The van der Waals surface area contributed by atoms with Gasteiger partial charge in [-0.1, -0.05) is 31.5 Å². The largest absolute Gasteiger partial charge is 0.365 e. The second-order valence-electron chi connectivity index (χ2n) is 6.42. The fourth-order valence-corrected chi connectivity index (χ4v) is 5.87. The van der Waals surface area contributed by atoms with Crippen LogP contribution in [0.4, 0.5) is 0 Å². The Morgan fingerprint density at radius 1 is 1.24 bits per heavy atom. The van der Waals surface area contributed by atoms with Crippen molar-refractivity contribution in [1.82, 2.24) is 14.8 Å². The van der Waals surface area contributed by atoms with Crippen LogP contribution in [-0.2, 0) is 6.42 Å². The lowest BCUT2D eigenvalue weighted by atomic mass is 10.1. The van der Waals surface area contributed by atoms with Gasteiger partial charge < -0.3 is 5.73 Å². The first-order valence-electron chi connectivity index (χ1n) is 9.18. The van der Waals surface area contributed by atoms with Crippen LogP contribution >= 0.6 is 34.4 Å². The average molecular weight is 441 g/mol. The monoisotopic (exact) mass is 440 g/mol. The van der Waals surface area contributed by atoms with Gasteiger partial charge >= 0.3 is 0 Å². The highest BCUT2D eigenvalue weighted by atomic mass is 32.2. The molecule has 3 heterocycles. The summed E-state index contributed by atoms with van der Waals surface area (Å²) < 4.78 is 3.05. The van der Waals surface area contributed by atoms with Gasteiger partial charge in [0.1, 0.15) is 5.01 Å². The number of nitrogens with two attached hydrogens (primary N) is 1. The van der Waals surface area contributed by atoms with Crippen LogP contribution in [0.5, 0.6) is 0 Å². The average Bonchev–Trinajstić information content (AvgIpc) is 3.46. The molecular weight excluding hydrogens is 420 g/mol. The molecule has 4 aromatic rings. The highest BCUT2D eigenvalue weighted by Gasteiger charge is 2.19. The van der Waals surface area contributed by atoms with Crippen LogP contribution in [0.1, 0.15) is 28.7 Å². The number of nitrogens with zero attached hydrogens (tertiary/aromatic N) is 3. The highest BCUT2D eigenvalue weighted by molar-refractivity contribution is 8.00. The lowest BCUT2D eigenvalue weighted by Gasteiger charge is -2.08. The number of rotatable bonds is 7. The van der Waals surface area contributed by atoms with E-state index in [1.54, 1.807) is 23.1 Å². The third-order valence-electron chi connectivity index (χ3n) is 4.49. The minimum atomic E-state index is -0.400. The zero-order valence-corrected chi connectivity index (χ0v) is 18.5. The summed E-state index contributed by atoms with van der Waals surface area (Å²) in [6, 6.07) is 12.0. The quantitative estimate of drug-likeness (QED) is 0.385. The lowest BCUT2D eigenvalue weighted by molar-refractivity contribution is 0.100. The maximum Gasteiger partial charge on any atom is 0.258 e. The Morgan fingerprint density at radius 3 is 2.72 bits per heavy atom. The molecular formula is C21H20N4OS3. The Bertz CT molecular complexity index is 1140. The Hall–Kier alpha value is -2.42. The molecule has 0 fully saturated rings. The molecule has 0 aliphatic carbocycles. The zero-order chi connectivity index (χ0) is 20.4. The number of carbonyl (C=O) groups is 1. The zero-order valence-electron chi connectivity index (χ0n) is 16.1. The number of para-hydroxylation sites is 1. The summed E-state index contributed by atoms with van der Waals surface area (Å²) in [5.41, 5.74) is 10.6. The number of primary amides is 1. The van der Waals surface area contributed by atoms with Crippen molar-refractivity contribution in [3.63, 3.8) is 0 Å². The van der Waals surface area contributed by atoms with E-state index in [9.17, 15) is 4.79 Å². The molecule has 1 aromatic carbocycles. The van der Waals surface area contributed by atoms with Gasteiger partial charge in [0.15, 0.2) is 0 Å². The minimum Gasteiger partial charge on any atom is -0.365 e. The summed E-state index contributed by atoms with van der Waals surface area (Å²) in [4.78, 5) is 17.0. The molecule has 0 aliphatic heterocycles. The highest BCUT2D eigenvalue weighted by Crippen LogP contribution is 2.40. The number of hydrogen-bond acceptors (Lipinski definition) is 6. The van der Waals surface area contributed by atoms with Crippen molar-refractivity contribution >= 4 is 40.3 Å². The first-order chi connectivity index (χ1) is 14.1. The number of aromatic nitrogens is 3. The van der Waals surface area contributed by atoms with Crippen LogP contribution in [0.2, 0.25) is 0 Å². The van der Waals surface area contributed by atoms with Crippen molar-refractivity contribution in [2.45, 2.75) is 24.0 Å².